The van der Waals surface area contributed by atoms with Gasteiger partial charge in [0.1, 0.15) is 0 Å². The molecule has 0 spiro atoms. The number of hydrogen-bond acceptors (Lipinski definition) is 3. The first-order chi connectivity index (χ1) is 6.72. The molecule has 0 aromatic heterocycles. The molecule has 0 unspecified atom stereocenters. The molecule has 2 rings (SSSR count). The monoisotopic (exact) mass is 192 g/mol. The Morgan fingerprint density at radius 3 is 2.50 bits per heavy atom. The van der Waals surface area contributed by atoms with Crippen LogP contribution < -0.4 is 5.73 Å². The Hall–Kier alpha value is -1.42. The van der Waals surface area contributed by atoms with Crippen LogP contribution in [-0.4, -0.2) is 11.5 Å². The van der Waals surface area contributed by atoms with Crippen molar-refractivity contribution in [1.29, 1.82) is 0 Å². The summed E-state index contributed by atoms with van der Waals surface area (Å²) in [7, 11) is 0. The van der Waals surface area contributed by atoms with Crippen molar-refractivity contribution in [3.8, 4) is 0 Å². The maximum atomic E-state index is 10.4. The van der Waals surface area contributed by atoms with Gasteiger partial charge in [0.2, 0.25) is 0 Å². The van der Waals surface area contributed by atoms with E-state index in [-0.39, 0.29) is 10.6 Å². The number of hydrogen-bond donors (Lipinski definition) is 1. The number of non-ortho nitro benzene ring substituents is 1. The van der Waals surface area contributed by atoms with E-state index in [1.165, 1.54) is 5.56 Å². The highest BCUT2D eigenvalue weighted by molar-refractivity contribution is 5.36. The molecule has 0 bridgehead atoms. The van der Waals surface area contributed by atoms with Gasteiger partial charge in [0.05, 0.1) is 4.92 Å². The van der Waals surface area contributed by atoms with Gasteiger partial charge < -0.3 is 5.73 Å². The molecular weight excluding hydrogens is 180 g/mol. The average molecular weight is 192 g/mol. The summed E-state index contributed by atoms with van der Waals surface area (Å²) in [5.74, 6) is 1.11. The zero-order chi connectivity index (χ0) is 10.1. The zero-order valence-corrected chi connectivity index (χ0v) is 7.72. The largest absolute Gasteiger partial charge is 0.330 e. The molecule has 1 aromatic carbocycles. The predicted molar refractivity (Wildman–Crippen MR) is 53.0 cm³/mol. The van der Waals surface area contributed by atoms with Gasteiger partial charge in [-0.3, -0.25) is 10.1 Å². The molecule has 0 aliphatic heterocycles. The minimum atomic E-state index is -0.378. The Bertz CT molecular complexity index is 348. The summed E-state index contributed by atoms with van der Waals surface area (Å²) in [5.41, 5.74) is 6.86. The van der Waals surface area contributed by atoms with Crippen LogP contribution in [0, 0.1) is 16.0 Å². The summed E-state index contributed by atoms with van der Waals surface area (Å²) in [6.45, 7) is 0.710. The van der Waals surface area contributed by atoms with Gasteiger partial charge in [-0.25, -0.2) is 0 Å². The maximum Gasteiger partial charge on any atom is 0.269 e. The van der Waals surface area contributed by atoms with E-state index in [0.717, 1.165) is 6.42 Å². The second kappa shape index (κ2) is 3.38. The average Bonchev–Trinajstić information content (AvgIpc) is 2.97. The molecule has 2 N–H and O–H groups in total. The Morgan fingerprint density at radius 2 is 2.07 bits per heavy atom. The van der Waals surface area contributed by atoms with Crippen molar-refractivity contribution >= 4 is 5.69 Å². The van der Waals surface area contributed by atoms with Crippen LogP contribution in [-0.2, 0) is 0 Å². The van der Waals surface area contributed by atoms with Crippen molar-refractivity contribution < 1.29 is 4.92 Å². The number of nitro benzene ring substituents is 1. The van der Waals surface area contributed by atoms with Crippen molar-refractivity contribution in [3.63, 3.8) is 0 Å². The van der Waals surface area contributed by atoms with E-state index in [1.54, 1.807) is 12.1 Å². The number of rotatable bonds is 3. The van der Waals surface area contributed by atoms with Crippen LogP contribution >= 0.6 is 0 Å². The fourth-order valence-electron chi connectivity index (χ4n) is 1.76. The second-order valence-electron chi connectivity index (χ2n) is 3.69. The smallest absolute Gasteiger partial charge is 0.269 e. The van der Waals surface area contributed by atoms with E-state index in [1.807, 2.05) is 12.1 Å². The van der Waals surface area contributed by atoms with Gasteiger partial charge in [-0.2, -0.15) is 0 Å². The lowest BCUT2D eigenvalue weighted by molar-refractivity contribution is -0.384. The Balaban J connectivity index is 2.11. The molecule has 74 valence electrons. The maximum absolute atomic E-state index is 10.4. The third-order valence-electron chi connectivity index (χ3n) is 2.76. The van der Waals surface area contributed by atoms with Crippen molar-refractivity contribution in [3.05, 3.63) is 39.9 Å². The molecule has 0 saturated heterocycles. The molecule has 4 heteroatoms. The Labute approximate surface area is 81.9 Å². The van der Waals surface area contributed by atoms with E-state index in [4.69, 9.17) is 5.73 Å². The third-order valence-corrected chi connectivity index (χ3v) is 2.76. The van der Waals surface area contributed by atoms with Crippen LogP contribution in [0.25, 0.3) is 0 Å². The minimum absolute atomic E-state index is 0.152. The zero-order valence-electron chi connectivity index (χ0n) is 7.72. The van der Waals surface area contributed by atoms with Gasteiger partial charge in [-0.1, -0.05) is 12.1 Å². The van der Waals surface area contributed by atoms with Crippen LogP contribution in [0.4, 0.5) is 5.69 Å². The van der Waals surface area contributed by atoms with Crippen molar-refractivity contribution in [1.82, 2.24) is 0 Å². The highest BCUT2D eigenvalue weighted by atomic mass is 16.6. The number of benzene rings is 1. The molecule has 1 aromatic rings. The van der Waals surface area contributed by atoms with Crippen molar-refractivity contribution in [2.45, 2.75) is 12.3 Å². The normalized spacial score (nSPS) is 24.6. The third kappa shape index (κ3) is 1.61. The van der Waals surface area contributed by atoms with Crippen LogP contribution in [0.3, 0.4) is 0 Å². The highest BCUT2D eigenvalue weighted by Crippen LogP contribution is 2.46. The van der Waals surface area contributed by atoms with Gasteiger partial charge >= 0.3 is 0 Å². The molecule has 0 amide bonds. The molecule has 1 fully saturated rings. The van der Waals surface area contributed by atoms with Gasteiger partial charge in [-0.15, -0.1) is 0 Å². The van der Waals surface area contributed by atoms with Crippen LogP contribution in [0.2, 0.25) is 0 Å². The minimum Gasteiger partial charge on any atom is -0.330 e. The van der Waals surface area contributed by atoms with Gasteiger partial charge in [-0.05, 0) is 30.4 Å². The van der Waals surface area contributed by atoms with E-state index in [0.29, 0.717) is 18.4 Å². The van der Waals surface area contributed by atoms with Crippen molar-refractivity contribution in [2.24, 2.45) is 11.7 Å². The molecule has 1 saturated carbocycles. The summed E-state index contributed by atoms with van der Waals surface area (Å²) < 4.78 is 0. The fraction of sp³-hybridized carbons (Fsp3) is 0.400. The van der Waals surface area contributed by atoms with Gasteiger partial charge in [0, 0.05) is 12.1 Å². The Morgan fingerprint density at radius 1 is 1.43 bits per heavy atom. The van der Waals surface area contributed by atoms with E-state index < -0.39 is 0 Å². The summed E-state index contributed by atoms with van der Waals surface area (Å²) >= 11 is 0. The molecule has 1 aliphatic rings. The fourth-order valence-corrected chi connectivity index (χ4v) is 1.76. The van der Waals surface area contributed by atoms with Gasteiger partial charge in [0.15, 0.2) is 0 Å². The van der Waals surface area contributed by atoms with E-state index in [2.05, 4.69) is 0 Å². The summed E-state index contributed by atoms with van der Waals surface area (Å²) in [4.78, 5) is 10.0. The first-order valence-corrected chi connectivity index (χ1v) is 4.67. The SMILES string of the molecule is NC[C@@H]1C[C@H]1c1ccc([N+](=O)[O-])cc1. The molecule has 14 heavy (non-hydrogen) atoms. The molecule has 1 aliphatic carbocycles. The second-order valence-corrected chi connectivity index (χ2v) is 3.69. The first-order valence-electron chi connectivity index (χ1n) is 4.67. The lowest BCUT2D eigenvalue weighted by Gasteiger charge is -1.98. The lowest BCUT2D eigenvalue weighted by atomic mass is 10.1. The van der Waals surface area contributed by atoms with Crippen LogP contribution in [0.5, 0.6) is 0 Å². The standard InChI is InChI=1S/C10H12N2O2/c11-6-8-5-10(8)7-1-3-9(4-2-7)12(13)14/h1-4,8,10H,5-6,11H2/t8-,10-/m0/s1. The van der Waals surface area contributed by atoms with E-state index >= 15 is 0 Å². The van der Waals surface area contributed by atoms with Gasteiger partial charge in [0.25, 0.3) is 5.69 Å². The molecular formula is C10H12N2O2. The van der Waals surface area contributed by atoms with Crippen LogP contribution in [0.15, 0.2) is 24.3 Å². The Kier molecular flexibility index (Phi) is 2.21. The topological polar surface area (TPSA) is 69.2 Å². The number of nitrogens with zero attached hydrogens (tertiary/aromatic N) is 1. The highest BCUT2D eigenvalue weighted by Gasteiger charge is 2.36. The number of nitrogens with two attached hydrogens (primary N) is 1. The van der Waals surface area contributed by atoms with Crippen molar-refractivity contribution in [2.75, 3.05) is 6.54 Å². The first kappa shape index (κ1) is 9.15. The lowest BCUT2D eigenvalue weighted by Crippen LogP contribution is -2.01. The molecule has 4 nitrogen and oxygen atoms in total. The summed E-state index contributed by atoms with van der Waals surface area (Å²) in [6.07, 6.45) is 1.12. The van der Waals surface area contributed by atoms with E-state index in [9.17, 15) is 10.1 Å². The predicted octanol–water partition coefficient (Wildman–Crippen LogP) is 1.66. The summed E-state index contributed by atoms with van der Waals surface area (Å²) in [5, 5.41) is 10.4. The molecule has 0 heterocycles. The quantitative estimate of drug-likeness (QED) is 0.584. The summed E-state index contributed by atoms with van der Waals surface area (Å²) in [6, 6.07) is 6.78. The molecule has 2 atom stereocenters. The molecule has 0 radical (unpaired) electrons. The number of nitro groups is 1. The van der Waals surface area contributed by atoms with Crippen LogP contribution in [0.1, 0.15) is 17.9 Å².